The number of rotatable bonds is 6. The van der Waals surface area contributed by atoms with Crippen molar-refractivity contribution in [3.05, 3.63) is 47.7 Å². The van der Waals surface area contributed by atoms with Crippen LogP contribution in [0.25, 0.3) is 0 Å². The lowest BCUT2D eigenvalue weighted by molar-refractivity contribution is -0.132. The van der Waals surface area contributed by atoms with Gasteiger partial charge in [-0.3, -0.25) is 4.79 Å². The average molecular weight is 261 g/mol. The Morgan fingerprint density at radius 2 is 1.89 bits per heavy atom. The van der Waals surface area contributed by atoms with Crippen LogP contribution in [0.5, 0.6) is 0 Å². The molecule has 1 aromatic rings. The highest BCUT2D eigenvalue weighted by Crippen LogP contribution is 2.12. The van der Waals surface area contributed by atoms with Crippen molar-refractivity contribution in [1.82, 2.24) is 5.32 Å². The van der Waals surface area contributed by atoms with Crippen LogP contribution in [0, 0.1) is 5.92 Å². The lowest BCUT2D eigenvalue weighted by Gasteiger charge is -2.09. The van der Waals surface area contributed by atoms with Crippen molar-refractivity contribution >= 4 is 11.9 Å². The van der Waals surface area contributed by atoms with Gasteiger partial charge in [0, 0.05) is 5.56 Å². The fourth-order valence-corrected chi connectivity index (χ4v) is 1.60. The molecule has 0 aliphatic heterocycles. The lowest BCUT2D eigenvalue weighted by atomic mass is 9.98. The average Bonchev–Trinajstić information content (AvgIpc) is 2.39. The van der Waals surface area contributed by atoms with Crippen LogP contribution in [0.3, 0.4) is 0 Å². The van der Waals surface area contributed by atoms with Crippen LogP contribution in [-0.4, -0.2) is 17.0 Å². The summed E-state index contributed by atoms with van der Waals surface area (Å²) in [6.07, 6.45) is 2.08. The summed E-state index contributed by atoms with van der Waals surface area (Å²) in [5.74, 6) is -1.09. The molecule has 0 aliphatic carbocycles. The van der Waals surface area contributed by atoms with Crippen molar-refractivity contribution in [2.45, 2.75) is 26.7 Å². The Kier molecular flexibility index (Phi) is 5.30. The molecule has 102 valence electrons. The maximum absolute atomic E-state index is 11.7. The summed E-state index contributed by atoms with van der Waals surface area (Å²) in [4.78, 5) is 22.3. The van der Waals surface area contributed by atoms with E-state index >= 15 is 0 Å². The minimum atomic E-state index is -1.23. The molecule has 1 atom stereocenters. The highest BCUT2D eigenvalue weighted by Gasteiger charge is 2.11. The predicted octanol–water partition coefficient (Wildman–Crippen LogP) is 2.60. The molecule has 4 heteroatoms. The Hall–Kier alpha value is -2.10. The van der Waals surface area contributed by atoms with E-state index in [0.717, 1.165) is 12.8 Å². The van der Waals surface area contributed by atoms with Gasteiger partial charge in [-0.25, -0.2) is 4.79 Å². The molecule has 0 spiro atoms. The smallest absolute Gasteiger partial charge is 0.351 e. The molecule has 0 aromatic heterocycles. The van der Waals surface area contributed by atoms with E-state index in [1.807, 2.05) is 12.1 Å². The molecule has 4 nitrogen and oxygen atoms in total. The standard InChI is InChI=1S/C15H19NO3/c1-4-10(2)9-12-5-7-13(8-6-12)14(17)16-11(3)15(18)19/h5-8,10H,3-4,9H2,1-2H3,(H,16,17)(H,18,19). The molecule has 19 heavy (non-hydrogen) atoms. The van der Waals surface area contributed by atoms with Crippen LogP contribution in [0.2, 0.25) is 0 Å². The van der Waals surface area contributed by atoms with Gasteiger partial charge in [0.2, 0.25) is 0 Å². The summed E-state index contributed by atoms with van der Waals surface area (Å²) in [6, 6.07) is 7.18. The monoisotopic (exact) mass is 261 g/mol. The van der Waals surface area contributed by atoms with E-state index in [4.69, 9.17) is 5.11 Å². The van der Waals surface area contributed by atoms with E-state index in [-0.39, 0.29) is 5.70 Å². The Balaban J connectivity index is 2.68. The first-order valence-corrected chi connectivity index (χ1v) is 6.26. The maximum atomic E-state index is 11.7. The number of amides is 1. The fourth-order valence-electron chi connectivity index (χ4n) is 1.60. The quantitative estimate of drug-likeness (QED) is 0.773. The van der Waals surface area contributed by atoms with Gasteiger partial charge in [0.25, 0.3) is 5.91 Å². The van der Waals surface area contributed by atoms with Crippen molar-refractivity contribution in [3.8, 4) is 0 Å². The van der Waals surface area contributed by atoms with E-state index in [0.29, 0.717) is 11.5 Å². The van der Waals surface area contributed by atoms with E-state index in [1.165, 1.54) is 5.56 Å². The van der Waals surface area contributed by atoms with Crippen LogP contribution in [0.15, 0.2) is 36.5 Å². The number of hydrogen-bond acceptors (Lipinski definition) is 2. The Morgan fingerprint density at radius 1 is 1.32 bits per heavy atom. The molecule has 0 heterocycles. The second kappa shape index (κ2) is 6.73. The van der Waals surface area contributed by atoms with Crippen LogP contribution in [-0.2, 0) is 11.2 Å². The van der Waals surface area contributed by atoms with E-state index < -0.39 is 11.9 Å². The number of carboxylic acids is 1. The molecule has 0 radical (unpaired) electrons. The van der Waals surface area contributed by atoms with Gasteiger partial charge in [0.1, 0.15) is 5.70 Å². The maximum Gasteiger partial charge on any atom is 0.351 e. The molecule has 1 unspecified atom stereocenters. The number of carbonyl (C=O) groups is 2. The van der Waals surface area contributed by atoms with Gasteiger partial charge < -0.3 is 10.4 Å². The molecule has 1 amide bonds. The van der Waals surface area contributed by atoms with Gasteiger partial charge >= 0.3 is 5.97 Å². The SMILES string of the molecule is C=C(NC(=O)c1ccc(CC(C)CC)cc1)C(=O)O. The number of carbonyl (C=O) groups excluding carboxylic acids is 1. The number of aliphatic carboxylic acids is 1. The van der Waals surface area contributed by atoms with E-state index in [9.17, 15) is 9.59 Å². The van der Waals surface area contributed by atoms with Gasteiger partial charge in [0.15, 0.2) is 0 Å². The molecule has 0 saturated carbocycles. The molecular weight excluding hydrogens is 242 g/mol. The summed E-state index contributed by atoms with van der Waals surface area (Å²) in [5.41, 5.74) is 1.27. The Morgan fingerprint density at radius 3 is 2.37 bits per heavy atom. The van der Waals surface area contributed by atoms with Crippen LogP contribution >= 0.6 is 0 Å². The Bertz CT molecular complexity index is 477. The minimum absolute atomic E-state index is 0.325. The van der Waals surface area contributed by atoms with E-state index in [2.05, 4.69) is 25.7 Å². The highest BCUT2D eigenvalue weighted by atomic mass is 16.4. The summed E-state index contributed by atoms with van der Waals surface area (Å²) >= 11 is 0. The fraction of sp³-hybridized carbons (Fsp3) is 0.333. The molecule has 2 N–H and O–H groups in total. The van der Waals surface area contributed by atoms with Crippen molar-refractivity contribution < 1.29 is 14.7 Å². The first-order chi connectivity index (χ1) is 8.93. The summed E-state index contributed by atoms with van der Waals surface area (Å²) in [7, 11) is 0. The minimum Gasteiger partial charge on any atom is -0.477 e. The van der Waals surface area contributed by atoms with Crippen molar-refractivity contribution in [2.75, 3.05) is 0 Å². The molecule has 0 saturated heterocycles. The largest absolute Gasteiger partial charge is 0.477 e. The molecule has 1 aromatic carbocycles. The van der Waals surface area contributed by atoms with Gasteiger partial charge in [-0.1, -0.05) is 39.0 Å². The van der Waals surface area contributed by atoms with Crippen LogP contribution in [0.4, 0.5) is 0 Å². The molecular formula is C15H19NO3. The number of nitrogens with one attached hydrogen (secondary N) is 1. The molecule has 1 rings (SSSR count). The zero-order valence-electron chi connectivity index (χ0n) is 11.3. The van der Waals surface area contributed by atoms with Gasteiger partial charge in [-0.05, 0) is 30.0 Å². The zero-order chi connectivity index (χ0) is 14.4. The zero-order valence-corrected chi connectivity index (χ0v) is 11.3. The highest BCUT2D eigenvalue weighted by molar-refractivity contribution is 6.00. The normalized spacial score (nSPS) is 11.7. The third-order valence-electron chi connectivity index (χ3n) is 3.02. The predicted molar refractivity (Wildman–Crippen MR) is 73.8 cm³/mol. The first-order valence-electron chi connectivity index (χ1n) is 6.26. The number of benzene rings is 1. The summed E-state index contributed by atoms with van der Waals surface area (Å²) in [6.45, 7) is 7.58. The molecule has 0 aliphatic rings. The van der Waals surface area contributed by atoms with Gasteiger partial charge in [-0.15, -0.1) is 0 Å². The third-order valence-corrected chi connectivity index (χ3v) is 3.02. The molecule has 0 fully saturated rings. The first kappa shape index (κ1) is 15.0. The topological polar surface area (TPSA) is 66.4 Å². The second-order valence-corrected chi connectivity index (χ2v) is 4.65. The Labute approximate surface area is 113 Å². The van der Waals surface area contributed by atoms with Crippen LogP contribution in [0.1, 0.15) is 36.2 Å². The van der Waals surface area contributed by atoms with Gasteiger partial charge in [0.05, 0.1) is 0 Å². The molecule has 0 bridgehead atoms. The summed E-state index contributed by atoms with van der Waals surface area (Å²) < 4.78 is 0. The van der Waals surface area contributed by atoms with Crippen molar-refractivity contribution in [1.29, 1.82) is 0 Å². The summed E-state index contributed by atoms with van der Waals surface area (Å²) in [5, 5.41) is 10.9. The third kappa shape index (κ3) is 4.58. The van der Waals surface area contributed by atoms with Crippen molar-refractivity contribution in [2.24, 2.45) is 5.92 Å². The van der Waals surface area contributed by atoms with E-state index in [1.54, 1.807) is 12.1 Å². The number of hydrogen-bond donors (Lipinski definition) is 2. The lowest BCUT2D eigenvalue weighted by Crippen LogP contribution is -2.26. The van der Waals surface area contributed by atoms with Crippen LogP contribution < -0.4 is 5.32 Å². The second-order valence-electron chi connectivity index (χ2n) is 4.65. The van der Waals surface area contributed by atoms with Crippen molar-refractivity contribution in [3.63, 3.8) is 0 Å². The number of carboxylic acid groups (broad SMARTS) is 1. The van der Waals surface area contributed by atoms with Gasteiger partial charge in [-0.2, -0.15) is 0 Å².